The fourth-order valence-corrected chi connectivity index (χ4v) is 2.14. The van der Waals surface area contributed by atoms with Crippen LogP contribution >= 0.6 is 0 Å². The van der Waals surface area contributed by atoms with Gasteiger partial charge < -0.3 is 10.2 Å². The van der Waals surface area contributed by atoms with Gasteiger partial charge in [-0.2, -0.15) is 8.42 Å². The van der Waals surface area contributed by atoms with Gasteiger partial charge in [-0.25, -0.2) is 0 Å². The zero-order valence-electron chi connectivity index (χ0n) is 9.74. The summed E-state index contributed by atoms with van der Waals surface area (Å²) in [5.74, 6) is -1.22. The average Bonchev–Trinajstić information content (AvgIpc) is 2.26. The maximum atomic E-state index is 11.7. The van der Waals surface area contributed by atoms with Gasteiger partial charge in [-0.15, -0.1) is 0 Å². The summed E-state index contributed by atoms with van der Waals surface area (Å²) in [5, 5.41) is 17.6. The Morgan fingerprint density at radius 1 is 1.33 bits per heavy atom. The minimum Gasteiger partial charge on any atom is -0.481 e. The maximum absolute atomic E-state index is 11.7. The number of benzene rings is 1. The first kappa shape index (κ1) is 14.6. The van der Waals surface area contributed by atoms with Crippen LogP contribution in [0.1, 0.15) is 12.0 Å². The Bertz CT molecular complexity index is 505. The molecular formula is C11H14O6S. The maximum Gasteiger partial charge on any atom is 0.306 e. The van der Waals surface area contributed by atoms with Gasteiger partial charge in [0.05, 0.1) is 24.0 Å². The lowest BCUT2D eigenvalue weighted by Gasteiger charge is -2.09. The fourth-order valence-electron chi connectivity index (χ4n) is 1.20. The van der Waals surface area contributed by atoms with E-state index in [1.165, 1.54) is 12.1 Å². The number of aliphatic hydroxyl groups excluding tert-OH is 1. The molecule has 0 spiro atoms. The molecule has 0 radical (unpaired) electrons. The van der Waals surface area contributed by atoms with Crippen molar-refractivity contribution in [3.05, 3.63) is 29.8 Å². The third-order valence-electron chi connectivity index (χ3n) is 2.14. The number of aryl methyl sites for hydroxylation is 1. The number of carboxylic acid groups (broad SMARTS) is 1. The van der Waals surface area contributed by atoms with E-state index in [-0.39, 0.29) is 4.90 Å². The van der Waals surface area contributed by atoms with Gasteiger partial charge in [-0.05, 0) is 19.1 Å². The Hall–Kier alpha value is -1.44. The van der Waals surface area contributed by atoms with Gasteiger partial charge in [-0.1, -0.05) is 17.7 Å². The molecule has 1 aromatic rings. The minimum atomic E-state index is -3.96. The van der Waals surface area contributed by atoms with Gasteiger partial charge in [0.25, 0.3) is 10.1 Å². The highest BCUT2D eigenvalue weighted by atomic mass is 32.2. The van der Waals surface area contributed by atoms with Crippen molar-refractivity contribution in [3.8, 4) is 0 Å². The molecule has 100 valence electrons. The molecule has 0 saturated carbocycles. The normalized spacial score (nSPS) is 13.2. The van der Waals surface area contributed by atoms with Crippen LogP contribution < -0.4 is 0 Å². The van der Waals surface area contributed by atoms with Crippen molar-refractivity contribution in [2.24, 2.45) is 0 Å². The molecule has 0 aliphatic heterocycles. The van der Waals surface area contributed by atoms with Gasteiger partial charge in [0.15, 0.2) is 0 Å². The Morgan fingerprint density at radius 3 is 2.39 bits per heavy atom. The first-order valence-electron chi connectivity index (χ1n) is 5.17. The van der Waals surface area contributed by atoms with Crippen molar-refractivity contribution in [2.75, 3.05) is 6.61 Å². The standard InChI is InChI=1S/C11H14O6S/c1-8-2-4-10(5-3-8)18(15,16)17-7-9(12)6-11(13)14/h2-5,9,12H,6-7H2,1H3,(H,13,14). The first-order chi connectivity index (χ1) is 8.31. The molecule has 0 aliphatic carbocycles. The Morgan fingerprint density at radius 2 is 1.89 bits per heavy atom. The fraction of sp³-hybridized carbons (Fsp3) is 0.364. The topological polar surface area (TPSA) is 101 Å². The van der Waals surface area contributed by atoms with Gasteiger partial charge in [-0.3, -0.25) is 8.98 Å². The number of rotatable bonds is 6. The molecule has 0 aliphatic rings. The van der Waals surface area contributed by atoms with Crippen molar-refractivity contribution in [1.82, 2.24) is 0 Å². The molecule has 0 amide bonds. The van der Waals surface area contributed by atoms with Crippen molar-refractivity contribution in [1.29, 1.82) is 0 Å². The summed E-state index contributed by atoms with van der Waals surface area (Å²) >= 11 is 0. The molecule has 0 saturated heterocycles. The Balaban J connectivity index is 2.65. The molecule has 0 fully saturated rings. The summed E-state index contributed by atoms with van der Waals surface area (Å²) in [4.78, 5) is 10.2. The lowest BCUT2D eigenvalue weighted by atomic mass is 10.2. The highest BCUT2D eigenvalue weighted by Crippen LogP contribution is 2.13. The van der Waals surface area contributed by atoms with E-state index in [1.54, 1.807) is 12.1 Å². The van der Waals surface area contributed by atoms with Crippen LogP contribution in [0.3, 0.4) is 0 Å². The summed E-state index contributed by atoms with van der Waals surface area (Å²) in [6.07, 6.45) is -1.92. The minimum absolute atomic E-state index is 0.0318. The van der Waals surface area contributed by atoms with E-state index in [2.05, 4.69) is 4.18 Å². The quantitative estimate of drug-likeness (QED) is 0.734. The molecule has 0 aromatic heterocycles. The molecule has 6 nitrogen and oxygen atoms in total. The number of hydrogen-bond donors (Lipinski definition) is 2. The predicted octanol–water partition coefficient (Wildman–Crippen LogP) is 0.536. The van der Waals surface area contributed by atoms with Gasteiger partial charge in [0.1, 0.15) is 0 Å². The van der Waals surface area contributed by atoms with Crippen LogP contribution in [0.25, 0.3) is 0 Å². The van der Waals surface area contributed by atoms with E-state index in [9.17, 15) is 18.3 Å². The SMILES string of the molecule is Cc1ccc(S(=O)(=O)OCC(O)CC(=O)O)cc1. The second-order valence-electron chi connectivity index (χ2n) is 3.80. The molecule has 0 bridgehead atoms. The number of aliphatic hydroxyl groups is 1. The summed E-state index contributed by atoms with van der Waals surface area (Å²) in [7, 11) is -3.96. The van der Waals surface area contributed by atoms with Crippen LogP contribution in [-0.2, 0) is 19.1 Å². The summed E-state index contributed by atoms with van der Waals surface area (Å²) in [6.45, 7) is 1.23. The van der Waals surface area contributed by atoms with E-state index in [0.717, 1.165) is 5.56 Å². The highest BCUT2D eigenvalue weighted by molar-refractivity contribution is 7.86. The number of carbonyl (C=O) groups is 1. The molecule has 7 heteroatoms. The monoisotopic (exact) mass is 274 g/mol. The summed E-state index contributed by atoms with van der Waals surface area (Å²) < 4.78 is 27.9. The number of aliphatic carboxylic acids is 1. The third-order valence-corrected chi connectivity index (χ3v) is 3.43. The van der Waals surface area contributed by atoms with Crippen LogP contribution in [0, 0.1) is 6.92 Å². The van der Waals surface area contributed by atoms with Gasteiger partial charge in [0.2, 0.25) is 0 Å². The Kier molecular flexibility index (Phi) is 4.83. The van der Waals surface area contributed by atoms with Crippen LogP contribution in [0.2, 0.25) is 0 Å². The molecule has 1 atom stereocenters. The van der Waals surface area contributed by atoms with E-state index >= 15 is 0 Å². The summed E-state index contributed by atoms with van der Waals surface area (Å²) in [5.41, 5.74) is 0.903. The largest absolute Gasteiger partial charge is 0.481 e. The van der Waals surface area contributed by atoms with Crippen molar-refractivity contribution in [2.45, 2.75) is 24.3 Å². The molecular weight excluding hydrogens is 260 g/mol. The van der Waals surface area contributed by atoms with E-state index in [4.69, 9.17) is 5.11 Å². The second kappa shape index (κ2) is 5.94. The number of hydrogen-bond acceptors (Lipinski definition) is 5. The Labute approximate surface area is 105 Å². The van der Waals surface area contributed by atoms with Crippen molar-refractivity contribution in [3.63, 3.8) is 0 Å². The smallest absolute Gasteiger partial charge is 0.306 e. The molecule has 2 N–H and O–H groups in total. The third kappa shape index (κ3) is 4.44. The van der Waals surface area contributed by atoms with Crippen molar-refractivity contribution < 1.29 is 27.6 Å². The van der Waals surface area contributed by atoms with Crippen LogP contribution in [-0.4, -0.2) is 37.3 Å². The average molecular weight is 274 g/mol. The first-order valence-corrected chi connectivity index (χ1v) is 6.58. The molecule has 1 unspecified atom stereocenters. The molecule has 1 aromatic carbocycles. The number of carboxylic acids is 1. The van der Waals surface area contributed by atoms with Crippen LogP contribution in [0.15, 0.2) is 29.2 Å². The zero-order chi connectivity index (χ0) is 13.8. The van der Waals surface area contributed by atoms with E-state index in [0.29, 0.717) is 0 Å². The van der Waals surface area contributed by atoms with Crippen molar-refractivity contribution >= 4 is 16.1 Å². The highest BCUT2D eigenvalue weighted by Gasteiger charge is 2.18. The molecule has 18 heavy (non-hydrogen) atoms. The molecule has 1 rings (SSSR count). The van der Waals surface area contributed by atoms with Gasteiger partial charge in [0, 0.05) is 0 Å². The van der Waals surface area contributed by atoms with E-state index in [1.807, 2.05) is 6.92 Å². The zero-order valence-corrected chi connectivity index (χ0v) is 10.6. The summed E-state index contributed by atoms with van der Waals surface area (Å²) in [6, 6.07) is 6.00. The molecule has 0 heterocycles. The van der Waals surface area contributed by atoms with E-state index < -0.39 is 35.2 Å². The van der Waals surface area contributed by atoms with Gasteiger partial charge >= 0.3 is 5.97 Å². The van der Waals surface area contributed by atoms with Crippen LogP contribution in [0.5, 0.6) is 0 Å². The second-order valence-corrected chi connectivity index (χ2v) is 5.42. The lowest BCUT2D eigenvalue weighted by Crippen LogP contribution is -2.21. The predicted molar refractivity (Wildman–Crippen MR) is 62.6 cm³/mol. The van der Waals surface area contributed by atoms with Crippen LogP contribution in [0.4, 0.5) is 0 Å². The lowest BCUT2D eigenvalue weighted by molar-refractivity contribution is -0.139.